The van der Waals surface area contributed by atoms with Crippen LogP contribution in [-0.2, 0) is 35.3 Å². The summed E-state index contributed by atoms with van der Waals surface area (Å²) < 4.78 is 90.6. The van der Waals surface area contributed by atoms with Crippen molar-refractivity contribution in [1.82, 2.24) is 5.32 Å². The normalized spacial score (nSPS) is 11.6. The standard InChI is InChI=1S/C18H15S.C11H15F4NO7S/c1-4-10-16(11-5-1)19(17-12-6-2-7-13-17)18-14-8-3-9-15-18;1-7(2)8(17)22-6-4-16-9(18)23-5-3-10(12,13)11(14,15)24(19,20)21/h1-15H;1,3-6H2,2H3,(H,16,18)(H,19,20,21)/q+1;/p-1. The first-order valence-electron chi connectivity index (χ1n) is 12.5. The summed E-state index contributed by atoms with van der Waals surface area (Å²) in [6.07, 6.45) is -3.19. The molecule has 14 heteroatoms. The maximum absolute atomic E-state index is 13.0. The van der Waals surface area contributed by atoms with E-state index in [4.69, 9.17) is 0 Å². The lowest BCUT2D eigenvalue weighted by atomic mass is 10.2. The number of rotatable bonds is 12. The van der Waals surface area contributed by atoms with Crippen LogP contribution in [0.5, 0.6) is 0 Å². The van der Waals surface area contributed by atoms with Crippen LogP contribution in [0.4, 0.5) is 22.4 Å². The van der Waals surface area contributed by atoms with E-state index >= 15 is 0 Å². The van der Waals surface area contributed by atoms with E-state index in [0.717, 1.165) is 0 Å². The molecule has 0 bridgehead atoms. The van der Waals surface area contributed by atoms with Gasteiger partial charge in [0.15, 0.2) is 24.8 Å². The fourth-order valence-corrected chi connectivity index (χ4v) is 5.72. The Morgan fingerprint density at radius 3 is 1.60 bits per heavy atom. The largest absolute Gasteiger partial charge is 0.743 e. The molecule has 232 valence electrons. The number of ether oxygens (including phenoxy) is 2. The van der Waals surface area contributed by atoms with Crippen molar-refractivity contribution in [2.75, 3.05) is 19.8 Å². The average Bonchev–Trinajstić information content (AvgIpc) is 2.96. The van der Waals surface area contributed by atoms with Gasteiger partial charge in [0.05, 0.1) is 30.5 Å². The van der Waals surface area contributed by atoms with Crippen molar-refractivity contribution in [1.29, 1.82) is 0 Å². The lowest BCUT2D eigenvalue weighted by Crippen LogP contribution is -2.47. The minimum Gasteiger partial charge on any atom is -0.743 e. The first-order valence-corrected chi connectivity index (χ1v) is 15.1. The van der Waals surface area contributed by atoms with Crippen LogP contribution in [0.1, 0.15) is 13.3 Å². The van der Waals surface area contributed by atoms with Crippen LogP contribution in [0.3, 0.4) is 0 Å². The lowest BCUT2D eigenvalue weighted by Gasteiger charge is -2.28. The molecule has 3 aromatic carbocycles. The molecule has 0 aliphatic heterocycles. The maximum atomic E-state index is 13.0. The summed E-state index contributed by atoms with van der Waals surface area (Å²) >= 11 is 0. The second-order valence-electron chi connectivity index (χ2n) is 8.65. The Morgan fingerprint density at radius 1 is 0.814 bits per heavy atom. The molecule has 43 heavy (non-hydrogen) atoms. The SMILES string of the molecule is C=C(C)C(=O)OCCNC(=O)OCCC(F)(F)C(F)(F)S(=O)(=O)[O-].c1ccc([S+](c2ccccc2)c2ccccc2)cc1. The Labute approximate surface area is 249 Å². The van der Waals surface area contributed by atoms with Gasteiger partial charge in [-0.05, 0) is 43.3 Å². The number of hydrogen-bond acceptors (Lipinski definition) is 7. The first kappa shape index (κ1) is 35.3. The molecule has 0 aromatic heterocycles. The van der Waals surface area contributed by atoms with E-state index in [1.165, 1.54) is 21.6 Å². The van der Waals surface area contributed by atoms with Gasteiger partial charge in [-0.25, -0.2) is 18.0 Å². The number of halogens is 4. The number of amides is 1. The summed E-state index contributed by atoms with van der Waals surface area (Å²) in [5, 5.41) is -3.88. The number of alkyl carbamates (subject to hydrolysis) is 1. The van der Waals surface area contributed by atoms with Gasteiger partial charge in [-0.1, -0.05) is 61.2 Å². The second kappa shape index (κ2) is 16.1. The van der Waals surface area contributed by atoms with Crippen molar-refractivity contribution in [2.24, 2.45) is 0 Å². The predicted octanol–water partition coefficient (Wildman–Crippen LogP) is 5.78. The number of carbonyl (C=O) groups is 2. The van der Waals surface area contributed by atoms with Gasteiger partial charge in [0.25, 0.3) is 0 Å². The molecule has 0 saturated heterocycles. The summed E-state index contributed by atoms with van der Waals surface area (Å²) in [4.78, 5) is 26.1. The van der Waals surface area contributed by atoms with E-state index in [0.29, 0.717) is 0 Å². The molecular formula is C29H29F4NO7S2. The molecule has 1 N–H and O–H groups in total. The second-order valence-corrected chi connectivity index (χ2v) is 12.1. The molecule has 0 radical (unpaired) electrons. The third kappa shape index (κ3) is 10.7. The monoisotopic (exact) mass is 643 g/mol. The molecule has 0 atom stereocenters. The van der Waals surface area contributed by atoms with Crippen molar-refractivity contribution in [2.45, 2.75) is 39.2 Å². The van der Waals surface area contributed by atoms with Crippen LogP contribution < -0.4 is 5.32 Å². The van der Waals surface area contributed by atoms with E-state index in [1.54, 1.807) is 0 Å². The van der Waals surface area contributed by atoms with Gasteiger partial charge in [0.1, 0.15) is 6.61 Å². The van der Waals surface area contributed by atoms with Gasteiger partial charge in [0.2, 0.25) is 0 Å². The van der Waals surface area contributed by atoms with Crippen molar-refractivity contribution in [3.05, 3.63) is 103 Å². The minimum absolute atomic E-state index is 0.0146. The van der Waals surface area contributed by atoms with Gasteiger partial charge in [-0.2, -0.15) is 17.6 Å². The van der Waals surface area contributed by atoms with E-state index < -0.39 is 46.4 Å². The molecule has 8 nitrogen and oxygen atoms in total. The molecule has 0 spiro atoms. The zero-order valence-electron chi connectivity index (χ0n) is 22.9. The van der Waals surface area contributed by atoms with Gasteiger partial charge in [-0.3, -0.25) is 0 Å². The van der Waals surface area contributed by atoms with Crippen LogP contribution in [0.2, 0.25) is 0 Å². The van der Waals surface area contributed by atoms with E-state index in [2.05, 4.69) is 107 Å². The topological polar surface area (TPSA) is 122 Å². The first-order chi connectivity index (χ1) is 20.2. The van der Waals surface area contributed by atoms with Crippen molar-refractivity contribution in [3.8, 4) is 0 Å². The molecule has 0 aliphatic rings. The molecule has 0 heterocycles. The third-order valence-electron chi connectivity index (χ3n) is 5.28. The quantitative estimate of drug-likeness (QED) is 0.0664. The molecule has 3 rings (SSSR count). The summed E-state index contributed by atoms with van der Waals surface area (Å²) in [6.45, 7) is 2.83. The highest BCUT2D eigenvalue weighted by molar-refractivity contribution is 7.97. The Kier molecular flexibility index (Phi) is 13.2. The summed E-state index contributed by atoms with van der Waals surface area (Å²) in [5.74, 6) is -5.95. The molecule has 1 amide bonds. The highest BCUT2D eigenvalue weighted by Gasteiger charge is 2.61. The maximum Gasteiger partial charge on any atom is 0.407 e. The zero-order valence-corrected chi connectivity index (χ0v) is 24.5. The van der Waals surface area contributed by atoms with Gasteiger partial charge < -0.3 is 19.3 Å². The third-order valence-corrected chi connectivity index (χ3v) is 8.44. The Bertz CT molecular complexity index is 1350. The Balaban J connectivity index is 0.000000306. The molecule has 0 aliphatic carbocycles. The molecule has 3 aromatic rings. The molecule has 0 unspecified atom stereocenters. The Hall–Kier alpha value is -3.88. The highest BCUT2D eigenvalue weighted by Crippen LogP contribution is 2.40. The number of benzene rings is 3. The van der Waals surface area contributed by atoms with E-state index in [-0.39, 0.29) is 29.6 Å². The van der Waals surface area contributed by atoms with Crippen LogP contribution in [0.25, 0.3) is 0 Å². The van der Waals surface area contributed by atoms with Crippen LogP contribution in [-0.4, -0.2) is 56.0 Å². The molecular weight excluding hydrogens is 614 g/mol. The van der Waals surface area contributed by atoms with Crippen LogP contribution in [0.15, 0.2) is 118 Å². The molecule has 0 saturated carbocycles. The average molecular weight is 644 g/mol. The van der Waals surface area contributed by atoms with Gasteiger partial charge in [-0.15, -0.1) is 0 Å². The minimum atomic E-state index is -6.59. The van der Waals surface area contributed by atoms with E-state index in [1.807, 2.05) is 5.32 Å². The van der Waals surface area contributed by atoms with Gasteiger partial charge >= 0.3 is 23.2 Å². The van der Waals surface area contributed by atoms with Crippen molar-refractivity contribution in [3.63, 3.8) is 0 Å². The van der Waals surface area contributed by atoms with Crippen molar-refractivity contribution >= 4 is 33.1 Å². The van der Waals surface area contributed by atoms with Gasteiger partial charge in [0, 0.05) is 5.57 Å². The zero-order chi connectivity index (χ0) is 32.1. The van der Waals surface area contributed by atoms with Crippen LogP contribution >= 0.6 is 0 Å². The predicted molar refractivity (Wildman–Crippen MR) is 151 cm³/mol. The molecule has 0 fully saturated rings. The number of carbonyl (C=O) groups excluding carboxylic acids is 2. The summed E-state index contributed by atoms with van der Waals surface area (Å²) in [5.41, 5.74) is 0.106. The fraction of sp³-hybridized carbons (Fsp3) is 0.241. The fourth-order valence-electron chi connectivity index (χ4n) is 3.15. The van der Waals surface area contributed by atoms with Crippen molar-refractivity contribution < 1.29 is 49.6 Å². The lowest BCUT2D eigenvalue weighted by molar-refractivity contribution is -0.168. The summed E-state index contributed by atoms with van der Waals surface area (Å²) in [6, 6.07) is 32.2. The number of nitrogens with one attached hydrogen (secondary N) is 1. The number of esters is 1. The van der Waals surface area contributed by atoms with E-state index in [9.17, 15) is 40.1 Å². The Morgan fingerprint density at radius 2 is 1.23 bits per heavy atom. The number of alkyl halides is 4. The number of hydrogen-bond donors (Lipinski definition) is 1. The smallest absolute Gasteiger partial charge is 0.407 e. The van der Waals surface area contributed by atoms with Crippen LogP contribution in [0, 0.1) is 0 Å². The highest BCUT2D eigenvalue weighted by atomic mass is 32.2. The summed E-state index contributed by atoms with van der Waals surface area (Å²) in [7, 11) is -6.60.